The second-order valence-electron chi connectivity index (χ2n) is 8.93. The van der Waals surface area contributed by atoms with Crippen molar-refractivity contribution in [2.45, 2.75) is 17.7 Å². The fourth-order valence-corrected chi connectivity index (χ4v) is 5.40. The average molecular weight is 521 g/mol. The van der Waals surface area contributed by atoms with Gasteiger partial charge < -0.3 is 9.64 Å². The van der Waals surface area contributed by atoms with E-state index in [9.17, 15) is 17.6 Å². The number of halogens is 1. The Kier molecular flexibility index (Phi) is 6.38. The molecule has 3 aromatic carbocycles. The fourth-order valence-electron chi connectivity index (χ4n) is 4.44. The summed E-state index contributed by atoms with van der Waals surface area (Å²) in [5.41, 5.74) is 4.36. The fraction of sp³-hybridized carbons (Fsp3) is 0.222. The first-order chi connectivity index (χ1) is 17.7. The standard InChI is InChI=1S/C27H25FN4O4S/c1-31(2)37(34,35)21-11-13-24-18(15-21)5-4-14-32(24)26-25(17-6-9-20(28)10-7-17)29-22-12-8-19(27(33)36-3)16-23(22)30-26/h6-13,15-16H,4-5,14H2,1-3H3. The van der Waals surface area contributed by atoms with Gasteiger partial charge in [-0.1, -0.05) is 0 Å². The third-order valence-corrected chi connectivity index (χ3v) is 8.20. The maximum Gasteiger partial charge on any atom is 0.337 e. The van der Waals surface area contributed by atoms with E-state index in [1.165, 1.54) is 37.6 Å². The minimum Gasteiger partial charge on any atom is -0.465 e. The van der Waals surface area contributed by atoms with E-state index in [-0.39, 0.29) is 10.7 Å². The highest BCUT2D eigenvalue weighted by atomic mass is 32.2. The van der Waals surface area contributed by atoms with E-state index in [4.69, 9.17) is 14.7 Å². The zero-order valence-electron chi connectivity index (χ0n) is 20.6. The largest absolute Gasteiger partial charge is 0.465 e. The number of anilines is 2. The van der Waals surface area contributed by atoms with Gasteiger partial charge in [0.25, 0.3) is 0 Å². The number of fused-ring (bicyclic) bond motifs is 2. The van der Waals surface area contributed by atoms with E-state index in [0.717, 1.165) is 17.7 Å². The van der Waals surface area contributed by atoms with Crippen LogP contribution in [0.4, 0.5) is 15.9 Å². The number of aryl methyl sites for hydroxylation is 1. The molecule has 0 N–H and O–H groups in total. The molecular formula is C27H25FN4O4S. The molecular weight excluding hydrogens is 495 g/mol. The molecule has 2 heterocycles. The summed E-state index contributed by atoms with van der Waals surface area (Å²) in [6, 6.07) is 16.1. The maximum atomic E-state index is 13.7. The monoisotopic (exact) mass is 520 g/mol. The van der Waals surface area contributed by atoms with Gasteiger partial charge >= 0.3 is 5.97 Å². The second-order valence-corrected chi connectivity index (χ2v) is 11.1. The molecule has 37 heavy (non-hydrogen) atoms. The molecule has 0 spiro atoms. The van der Waals surface area contributed by atoms with Gasteiger partial charge in [0, 0.05) is 31.9 Å². The highest BCUT2D eigenvalue weighted by Gasteiger charge is 2.26. The second kappa shape index (κ2) is 9.53. The SMILES string of the molecule is COC(=O)c1ccc2nc(-c3ccc(F)cc3)c(N3CCCc4cc(S(=O)(=O)N(C)C)ccc43)nc2c1. The van der Waals surface area contributed by atoms with Gasteiger partial charge in [-0.05, 0) is 79.1 Å². The van der Waals surface area contributed by atoms with Crippen molar-refractivity contribution >= 4 is 38.5 Å². The van der Waals surface area contributed by atoms with Crippen molar-refractivity contribution in [3.05, 3.63) is 77.6 Å². The Morgan fingerprint density at radius 1 is 1.00 bits per heavy atom. The summed E-state index contributed by atoms with van der Waals surface area (Å²) in [5.74, 6) is -0.309. The normalized spacial score (nSPS) is 13.6. The lowest BCUT2D eigenvalue weighted by molar-refractivity contribution is 0.0601. The number of carbonyl (C=O) groups excluding carboxylic acids is 1. The predicted molar refractivity (Wildman–Crippen MR) is 139 cm³/mol. The molecule has 0 unspecified atom stereocenters. The van der Waals surface area contributed by atoms with Crippen LogP contribution >= 0.6 is 0 Å². The summed E-state index contributed by atoms with van der Waals surface area (Å²) in [6.45, 7) is 0.623. The number of ether oxygens (including phenoxy) is 1. The molecule has 0 bridgehead atoms. The molecule has 0 aliphatic carbocycles. The zero-order chi connectivity index (χ0) is 26.3. The van der Waals surface area contributed by atoms with Crippen LogP contribution in [0.1, 0.15) is 22.3 Å². The first-order valence-corrected chi connectivity index (χ1v) is 13.1. The number of nitrogens with zero attached hydrogens (tertiary/aromatic N) is 4. The lowest BCUT2D eigenvalue weighted by atomic mass is 10.0. The molecule has 1 aliphatic heterocycles. The number of benzene rings is 3. The van der Waals surface area contributed by atoms with Crippen molar-refractivity contribution in [1.82, 2.24) is 14.3 Å². The Hall–Kier alpha value is -3.89. The Morgan fingerprint density at radius 3 is 2.46 bits per heavy atom. The summed E-state index contributed by atoms with van der Waals surface area (Å²) in [6.07, 6.45) is 1.48. The molecule has 1 aromatic heterocycles. The first kappa shape index (κ1) is 24.8. The smallest absolute Gasteiger partial charge is 0.337 e. The topological polar surface area (TPSA) is 92.7 Å². The minimum atomic E-state index is -3.58. The number of hydrogen-bond donors (Lipinski definition) is 0. The quantitative estimate of drug-likeness (QED) is 0.356. The number of carbonyl (C=O) groups is 1. The van der Waals surface area contributed by atoms with Crippen LogP contribution in [0.25, 0.3) is 22.3 Å². The van der Waals surface area contributed by atoms with Crippen LogP contribution in [-0.2, 0) is 21.2 Å². The summed E-state index contributed by atoms with van der Waals surface area (Å²) in [5, 5.41) is 0. The number of methoxy groups -OCH3 is 1. The van der Waals surface area contributed by atoms with Crippen LogP contribution in [0.15, 0.2) is 65.6 Å². The van der Waals surface area contributed by atoms with Gasteiger partial charge in [-0.3, -0.25) is 0 Å². The molecule has 1 aliphatic rings. The summed E-state index contributed by atoms with van der Waals surface area (Å²) in [7, 11) is 0.738. The van der Waals surface area contributed by atoms with Crippen LogP contribution in [0, 0.1) is 5.82 Å². The van der Waals surface area contributed by atoms with Crippen molar-refractivity contribution < 1.29 is 22.3 Å². The van der Waals surface area contributed by atoms with E-state index in [1.54, 1.807) is 48.5 Å². The highest BCUT2D eigenvalue weighted by Crippen LogP contribution is 2.39. The molecule has 8 nitrogen and oxygen atoms in total. The van der Waals surface area contributed by atoms with Crippen LogP contribution in [0.2, 0.25) is 0 Å². The molecule has 190 valence electrons. The van der Waals surface area contributed by atoms with E-state index in [0.29, 0.717) is 46.6 Å². The number of esters is 1. The van der Waals surface area contributed by atoms with Gasteiger partial charge in [0.2, 0.25) is 10.0 Å². The first-order valence-electron chi connectivity index (χ1n) is 11.7. The maximum absolute atomic E-state index is 13.7. The van der Waals surface area contributed by atoms with Crippen LogP contribution in [0.5, 0.6) is 0 Å². The Morgan fingerprint density at radius 2 is 1.76 bits per heavy atom. The summed E-state index contributed by atoms with van der Waals surface area (Å²) in [4.78, 5) is 24.1. The Bertz CT molecular complexity index is 1620. The predicted octanol–water partition coefficient (Wildman–Crippen LogP) is 4.56. The molecule has 0 amide bonds. The van der Waals surface area contributed by atoms with Crippen molar-refractivity contribution in [2.24, 2.45) is 0 Å². The van der Waals surface area contributed by atoms with Crippen molar-refractivity contribution in [2.75, 3.05) is 32.6 Å². The third kappa shape index (κ3) is 4.54. The molecule has 0 fully saturated rings. The van der Waals surface area contributed by atoms with Crippen LogP contribution < -0.4 is 4.90 Å². The van der Waals surface area contributed by atoms with E-state index >= 15 is 0 Å². The number of rotatable bonds is 5. The number of hydrogen-bond acceptors (Lipinski definition) is 7. The summed E-state index contributed by atoms with van der Waals surface area (Å²) < 4.78 is 45.2. The number of sulfonamides is 1. The third-order valence-electron chi connectivity index (χ3n) is 6.39. The molecule has 4 aromatic rings. The molecule has 10 heteroatoms. The lowest BCUT2D eigenvalue weighted by Crippen LogP contribution is -2.27. The van der Waals surface area contributed by atoms with Crippen LogP contribution in [-0.4, -0.2) is 56.4 Å². The van der Waals surface area contributed by atoms with Gasteiger partial charge in [0.1, 0.15) is 11.5 Å². The van der Waals surface area contributed by atoms with Crippen molar-refractivity contribution in [1.29, 1.82) is 0 Å². The highest BCUT2D eigenvalue weighted by molar-refractivity contribution is 7.89. The number of aromatic nitrogens is 2. The van der Waals surface area contributed by atoms with Gasteiger partial charge in [-0.2, -0.15) is 0 Å². The Labute approximate surface area is 214 Å². The zero-order valence-corrected chi connectivity index (χ0v) is 21.4. The molecule has 0 atom stereocenters. The molecule has 5 rings (SSSR count). The average Bonchev–Trinajstić information content (AvgIpc) is 2.91. The molecule has 0 saturated carbocycles. The van der Waals surface area contributed by atoms with E-state index in [2.05, 4.69) is 0 Å². The van der Waals surface area contributed by atoms with Gasteiger partial charge in [-0.25, -0.2) is 31.9 Å². The van der Waals surface area contributed by atoms with Gasteiger partial charge in [-0.15, -0.1) is 0 Å². The van der Waals surface area contributed by atoms with Gasteiger partial charge in [0.15, 0.2) is 5.82 Å². The van der Waals surface area contributed by atoms with E-state index < -0.39 is 16.0 Å². The van der Waals surface area contributed by atoms with E-state index in [1.807, 2.05) is 4.90 Å². The Balaban J connectivity index is 1.70. The van der Waals surface area contributed by atoms with Crippen molar-refractivity contribution in [3.63, 3.8) is 0 Å². The lowest BCUT2D eigenvalue weighted by Gasteiger charge is -2.32. The molecule has 0 saturated heterocycles. The summed E-state index contributed by atoms with van der Waals surface area (Å²) >= 11 is 0. The minimum absolute atomic E-state index is 0.226. The van der Waals surface area contributed by atoms with Crippen molar-refractivity contribution in [3.8, 4) is 11.3 Å². The van der Waals surface area contributed by atoms with Crippen LogP contribution in [0.3, 0.4) is 0 Å². The molecule has 0 radical (unpaired) electrons. The van der Waals surface area contributed by atoms with Gasteiger partial charge in [0.05, 0.1) is 28.6 Å².